The monoisotopic (exact) mass is 384 g/mol. The van der Waals surface area contributed by atoms with Crippen molar-refractivity contribution in [1.29, 1.82) is 0 Å². The van der Waals surface area contributed by atoms with Crippen LogP contribution in [0, 0.1) is 0 Å². The Morgan fingerprint density at radius 2 is 1.79 bits per heavy atom. The van der Waals surface area contributed by atoms with Crippen LogP contribution in [-0.2, 0) is 17.5 Å². The predicted octanol–water partition coefficient (Wildman–Crippen LogP) is 4.62. The maximum Gasteiger partial charge on any atom is 0.433 e. The lowest BCUT2D eigenvalue weighted by molar-refractivity contribution is -0.142. The van der Waals surface area contributed by atoms with Crippen molar-refractivity contribution in [2.45, 2.75) is 12.8 Å². The summed E-state index contributed by atoms with van der Waals surface area (Å²) in [6.45, 7) is 0.0626. The summed E-state index contributed by atoms with van der Waals surface area (Å²) in [5.41, 5.74) is 1.49. The van der Waals surface area contributed by atoms with Crippen molar-refractivity contribution in [1.82, 2.24) is 19.6 Å². The van der Waals surface area contributed by atoms with Crippen LogP contribution in [0.5, 0.6) is 0 Å². The fourth-order valence-corrected chi connectivity index (χ4v) is 3.06. The first-order chi connectivity index (χ1) is 13.5. The van der Waals surface area contributed by atoms with Crippen LogP contribution in [0.1, 0.15) is 11.4 Å². The van der Waals surface area contributed by atoms with E-state index < -0.39 is 11.9 Å². The van der Waals surface area contributed by atoms with Gasteiger partial charge in [0.25, 0.3) is 0 Å². The molecule has 0 aliphatic carbocycles. The van der Waals surface area contributed by atoms with E-state index in [-0.39, 0.29) is 17.9 Å². The number of aromatic nitrogens is 4. The van der Waals surface area contributed by atoms with Gasteiger partial charge in [0, 0.05) is 25.1 Å². The van der Waals surface area contributed by atoms with Gasteiger partial charge in [-0.15, -0.1) is 0 Å². The lowest BCUT2D eigenvalue weighted by atomic mass is 10.1. The fourth-order valence-electron chi connectivity index (χ4n) is 3.06. The molecule has 0 spiro atoms. The number of fused-ring (bicyclic) bond motifs is 1. The highest BCUT2D eigenvalue weighted by molar-refractivity contribution is 5.81. The van der Waals surface area contributed by atoms with Crippen molar-refractivity contribution >= 4 is 5.65 Å². The second kappa shape index (κ2) is 7.05. The first-order valence-corrected chi connectivity index (χ1v) is 8.43. The van der Waals surface area contributed by atoms with E-state index in [4.69, 9.17) is 4.74 Å². The average Bonchev–Trinajstić information content (AvgIpc) is 3.06. The standard InChI is InChI=1S/C20H15F3N4O/c1-28-12-16-18(13-6-3-2-4-7-13)19-25-15(14-8-5-9-24-11-14)10-17(20(21,22)23)27(19)26-16/h2-11H,12H2,1H3. The molecule has 0 fully saturated rings. The van der Waals surface area contributed by atoms with Crippen molar-refractivity contribution in [3.63, 3.8) is 0 Å². The molecule has 5 nitrogen and oxygen atoms in total. The third-order valence-electron chi connectivity index (χ3n) is 4.25. The van der Waals surface area contributed by atoms with E-state index >= 15 is 0 Å². The number of nitrogens with zero attached hydrogens (tertiary/aromatic N) is 4. The Morgan fingerprint density at radius 1 is 1.04 bits per heavy atom. The SMILES string of the molecule is COCc1nn2c(C(F)(F)F)cc(-c3cccnc3)nc2c1-c1ccccc1. The molecule has 1 aromatic carbocycles. The molecule has 0 atom stereocenters. The molecule has 0 aliphatic heterocycles. The number of methoxy groups -OCH3 is 1. The predicted molar refractivity (Wildman–Crippen MR) is 97.4 cm³/mol. The fraction of sp³-hybridized carbons (Fsp3) is 0.150. The summed E-state index contributed by atoms with van der Waals surface area (Å²) in [7, 11) is 1.47. The van der Waals surface area contributed by atoms with Gasteiger partial charge >= 0.3 is 6.18 Å². The molecule has 4 rings (SSSR count). The van der Waals surface area contributed by atoms with Gasteiger partial charge in [-0.3, -0.25) is 4.98 Å². The zero-order chi connectivity index (χ0) is 19.7. The van der Waals surface area contributed by atoms with Gasteiger partial charge in [0.2, 0.25) is 0 Å². The van der Waals surface area contributed by atoms with Crippen LogP contribution in [0.4, 0.5) is 13.2 Å². The van der Waals surface area contributed by atoms with Crippen LogP contribution in [0.2, 0.25) is 0 Å². The molecular formula is C20H15F3N4O. The molecule has 0 amide bonds. The van der Waals surface area contributed by atoms with E-state index in [1.165, 1.54) is 13.3 Å². The summed E-state index contributed by atoms with van der Waals surface area (Å²) in [6, 6.07) is 13.4. The zero-order valence-electron chi connectivity index (χ0n) is 14.8. The molecule has 3 aromatic heterocycles. The Morgan fingerprint density at radius 3 is 2.43 bits per heavy atom. The lowest BCUT2D eigenvalue weighted by Crippen LogP contribution is -2.14. The Hall–Kier alpha value is -3.26. The van der Waals surface area contributed by atoms with Crippen LogP contribution in [-0.4, -0.2) is 26.7 Å². The molecule has 0 N–H and O–H groups in total. The summed E-state index contributed by atoms with van der Waals surface area (Å²) in [4.78, 5) is 8.49. The van der Waals surface area contributed by atoms with Gasteiger partial charge in [-0.25, -0.2) is 9.50 Å². The van der Waals surface area contributed by atoms with E-state index in [0.29, 0.717) is 22.4 Å². The van der Waals surface area contributed by atoms with Gasteiger partial charge in [-0.1, -0.05) is 30.3 Å². The molecule has 28 heavy (non-hydrogen) atoms. The van der Waals surface area contributed by atoms with Crippen LogP contribution in [0.3, 0.4) is 0 Å². The molecule has 142 valence electrons. The summed E-state index contributed by atoms with van der Waals surface area (Å²) in [5, 5.41) is 4.17. The minimum absolute atomic E-state index is 0.0626. The van der Waals surface area contributed by atoms with Gasteiger partial charge in [-0.05, 0) is 23.8 Å². The number of ether oxygens (including phenoxy) is 1. The third-order valence-corrected chi connectivity index (χ3v) is 4.25. The van der Waals surface area contributed by atoms with E-state index in [1.54, 1.807) is 18.3 Å². The van der Waals surface area contributed by atoms with Crippen LogP contribution in [0.25, 0.3) is 28.0 Å². The summed E-state index contributed by atoms with van der Waals surface area (Å²) < 4.78 is 47.4. The van der Waals surface area contributed by atoms with Crippen molar-refractivity contribution in [2.24, 2.45) is 0 Å². The summed E-state index contributed by atoms with van der Waals surface area (Å²) in [6.07, 6.45) is -1.58. The number of hydrogen-bond donors (Lipinski definition) is 0. The second-order valence-corrected chi connectivity index (χ2v) is 6.12. The number of hydrogen-bond acceptors (Lipinski definition) is 4. The maximum atomic E-state index is 13.8. The van der Waals surface area contributed by atoms with E-state index in [9.17, 15) is 13.2 Å². The Labute approximate surface area is 158 Å². The van der Waals surface area contributed by atoms with Gasteiger partial charge in [0.05, 0.1) is 23.6 Å². The molecule has 8 heteroatoms. The van der Waals surface area contributed by atoms with Crippen LogP contribution >= 0.6 is 0 Å². The molecule has 0 radical (unpaired) electrons. The number of benzene rings is 1. The van der Waals surface area contributed by atoms with E-state index in [1.807, 2.05) is 30.3 Å². The molecule has 0 saturated heterocycles. The van der Waals surface area contributed by atoms with Gasteiger partial charge < -0.3 is 4.74 Å². The van der Waals surface area contributed by atoms with Crippen molar-refractivity contribution in [3.8, 4) is 22.4 Å². The minimum atomic E-state index is -4.61. The largest absolute Gasteiger partial charge is 0.433 e. The summed E-state index contributed by atoms with van der Waals surface area (Å²) >= 11 is 0. The molecule has 0 aliphatic rings. The number of pyridine rings is 1. The zero-order valence-corrected chi connectivity index (χ0v) is 14.8. The normalized spacial score (nSPS) is 11.9. The second-order valence-electron chi connectivity index (χ2n) is 6.12. The Kier molecular flexibility index (Phi) is 4.56. The topological polar surface area (TPSA) is 52.3 Å². The summed E-state index contributed by atoms with van der Waals surface area (Å²) in [5.74, 6) is 0. The van der Waals surface area contributed by atoms with Crippen molar-refractivity contribution in [2.75, 3.05) is 7.11 Å². The highest BCUT2D eigenvalue weighted by atomic mass is 19.4. The molecule has 3 heterocycles. The smallest absolute Gasteiger partial charge is 0.378 e. The van der Waals surface area contributed by atoms with Crippen LogP contribution in [0.15, 0.2) is 60.9 Å². The molecule has 0 saturated carbocycles. The highest BCUT2D eigenvalue weighted by Gasteiger charge is 2.36. The third kappa shape index (κ3) is 3.22. The Balaban J connectivity index is 2.08. The minimum Gasteiger partial charge on any atom is -0.378 e. The van der Waals surface area contributed by atoms with E-state index in [0.717, 1.165) is 10.6 Å². The first kappa shape index (κ1) is 18.1. The number of alkyl halides is 3. The van der Waals surface area contributed by atoms with Crippen molar-refractivity contribution in [3.05, 3.63) is 72.3 Å². The quantitative estimate of drug-likeness (QED) is 0.515. The van der Waals surface area contributed by atoms with Gasteiger partial charge in [-0.2, -0.15) is 18.3 Å². The first-order valence-electron chi connectivity index (χ1n) is 8.43. The van der Waals surface area contributed by atoms with E-state index in [2.05, 4.69) is 15.1 Å². The molecule has 0 unspecified atom stereocenters. The maximum absolute atomic E-state index is 13.8. The van der Waals surface area contributed by atoms with Gasteiger partial charge in [0.15, 0.2) is 11.3 Å². The lowest BCUT2D eigenvalue weighted by Gasteiger charge is -2.11. The van der Waals surface area contributed by atoms with Gasteiger partial charge in [0.1, 0.15) is 0 Å². The molecule has 4 aromatic rings. The average molecular weight is 384 g/mol. The van der Waals surface area contributed by atoms with Crippen molar-refractivity contribution < 1.29 is 17.9 Å². The van der Waals surface area contributed by atoms with Crippen LogP contribution < -0.4 is 0 Å². The molecule has 0 bridgehead atoms. The Bertz CT molecular complexity index is 1110. The number of halogens is 3. The molecular weight excluding hydrogens is 369 g/mol. The number of rotatable bonds is 4. The highest BCUT2D eigenvalue weighted by Crippen LogP contribution is 2.36.